The molecule has 1 aliphatic heterocycles. The van der Waals surface area contributed by atoms with Gasteiger partial charge >= 0.3 is 5.97 Å². The molecular formula is C23H27N5O2S. The van der Waals surface area contributed by atoms with Crippen molar-refractivity contribution in [3.8, 4) is 0 Å². The third kappa shape index (κ3) is 3.85. The predicted molar refractivity (Wildman–Crippen MR) is 125 cm³/mol. The Morgan fingerprint density at radius 3 is 2.52 bits per heavy atom. The molecule has 0 unspecified atom stereocenters. The quantitative estimate of drug-likeness (QED) is 0.622. The number of esters is 1. The lowest BCUT2D eigenvalue weighted by atomic mass is 9.95. The molecule has 0 amide bonds. The second kappa shape index (κ2) is 8.43. The van der Waals surface area contributed by atoms with E-state index in [4.69, 9.17) is 14.7 Å². The van der Waals surface area contributed by atoms with Crippen molar-refractivity contribution < 1.29 is 9.53 Å². The molecule has 2 aromatic heterocycles. The largest absolute Gasteiger partial charge is 0.465 e. The maximum atomic E-state index is 12.7. The van der Waals surface area contributed by atoms with E-state index in [1.807, 2.05) is 24.3 Å². The number of methoxy groups -OCH3 is 1. The Bertz CT molecular complexity index is 1120. The van der Waals surface area contributed by atoms with Gasteiger partial charge in [-0.2, -0.15) is 0 Å². The van der Waals surface area contributed by atoms with Crippen molar-refractivity contribution in [1.29, 1.82) is 0 Å². The molecule has 0 saturated carbocycles. The van der Waals surface area contributed by atoms with Gasteiger partial charge in [0, 0.05) is 31.1 Å². The summed E-state index contributed by atoms with van der Waals surface area (Å²) in [5.74, 6) is 1.26. The van der Waals surface area contributed by atoms with Crippen LogP contribution in [0.2, 0.25) is 0 Å². The summed E-state index contributed by atoms with van der Waals surface area (Å²) in [4.78, 5) is 28.5. The lowest BCUT2D eigenvalue weighted by Gasteiger charge is -2.34. The first-order valence-corrected chi connectivity index (χ1v) is 11.7. The van der Waals surface area contributed by atoms with E-state index >= 15 is 0 Å². The van der Waals surface area contributed by atoms with E-state index in [9.17, 15) is 4.79 Å². The fourth-order valence-electron chi connectivity index (χ4n) is 4.39. The van der Waals surface area contributed by atoms with Crippen molar-refractivity contribution in [3.63, 3.8) is 0 Å². The standard InChI is InChI=1S/C23H27N5O2S/c1-27-11-13-28(14-12-27)21-20(24-16-8-4-5-9-17(16)25-21)26-22-19(23(29)30-2)15-7-3-6-10-18(15)31-22/h4-5,8-9H,3,6-7,10-14H2,1-2H3,(H,24,26). The molecule has 8 heteroatoms. The molecule has 3 aromatic rings. The number of aryl methyl sites for hydroxylation is 1. The van der Waals surface area contributed by atoms with Gasteiger partial charge in [0.1, 0.15) is 5.00 Å². The van der Waals surface area contributed by atoms with E-state index in [2.05, 4.69) is 22.2 Å². The third-order valence-electron chi connectivity index (χ3n) is 6.15. The van der Waals surface area contributed by atoms with Gasteiger partial charge in [-0.1, -0.05) is 12.1 Å². The number of piperazine rings is 1. The van der Waals surface area contributed by atoms with Crippen LogP contribution in [0.3, 0.4) is 0 Å². The second-order valence-electron chi connectivity index (χ2n) is 8.21. The number of fused-ring (bicyclic) bond motifs is 2. The Labute approximate surface area is 186 Å². The summed E-state index contributed by atoms with van der Waals surface area (Å²) < 4.78 is 5.14. The van der Waals surface area contributed by atoms with Crippen LogP contribution in [0.1, 0.15) is 33.6 Å². The van der Waals surface area contributed by atoms with Crippen molar-refractivity contribution in [2.75, 3.05) is 50.6 Å². The molecule has 1 saturated heterocycles. The van der Waals surface area contributed by atoms with E-state index in [0.29, 0.717) is 11.4 Å². The van der Waals surface area contributed by atoms with Gasteiger partial charge in [0.05, 0.1) is 23.7 Å². The monoisotopic (exact) mass is 437 g/mol. The Hall–Kier alpha value is -2.71. The molecule has 3 heterocycles. The fraction of sp³-hybridized carbons (Fsp3) is 0.435. The predicted octanol–water partition coefficient (Wildman–Crippen LogP) is 3.85. The first-order valence-electron chi connectivity index (χ1n) is 10.8. The van der Waals surface area contributed by atoms with Crippen LogP contribution in [0.4, 0.5) is 16.6 Å². The number of para-hydroxylation sites is 2. The number of hydrogen-bond acceptors (Lipinski definition) is 8. The third-order valence-corrected chi connectivity index (χ3v) is 7.35. The van der Waals surface area contributed by atoms with Gasteiger partial charge < -0.3 is 19.9 Å². The van der Waals surface area contributed by atoms with Crippen LogP contribution in [0, 0.1) is 0 Å². The minimum Gasteiger partial charge on any atom is -0.465 e. The number of rotatable bonds is 4. The number of carbonyl (C=O) groups is 1. The molecule has 1 aromatic carbocycles. The van der Waals surface area contributed by atoms with Gasteiger partial charge in [0.25, 0.3) is 0 Å². The highest BCUT2D eigenvalue weighted by Gasteiger charge is 2.28. The van der Waals surface area contributed by atoms with E-state index in [-0.39, 0.29) is 5.97 Å². The number of anilines is 3. The van der Waals surface area contributed by atoms with Gasteiger partial charge in [-0.3, -0.25) is 0 Å². The minimum absolute atomic E-state index is 0.281. The summed E-state index contributed by atoms with van der Waals surface area (Å²) in [5.41, 5.74) is 3.52. The van der Waals surface area contributed by atoms with Gasteiger partial charge in [0.15, 0.2) is 11.6 Å². The molecule has 1 N–H and O–H groups in total. The molecule has 0 radical (unpaired) electrons. The number of aromatic nitrogens is 2. The SMILES string of the molecule is COC(=O)c1c(Nc2nc3ccccc3nc2N2CCN(C)CC2)sc2c1CCCC2. The Morgan fingerprint density at radius 1 is 1.06 bits per heavy atom. The summed E-state index contributed by atoms with van der Waals surface area (Å²) in [6, 6.07) is 7.93. The van der Waals surface area contributed by atoms with E-state index in [1.165, 1.54) is 12.0 Å². The van der Waals surface area contributed by atoms with Crippen LogP contribution in [0.5, 0.6) is 0 Å². The first-order chi connectivity index (χ1) is 15.1. The number of thiophene rings is 1. The van der Waals surface area contributed by atoms with Gasteiger partial charge in [-0.05, 0) is 50.4 Å². The summed E-state index contributed by atoms with van der Waals surface area (Å²) in [6.07, 6.45) is 4.21. The van der Waals surface area contributed by atoms with Gasteiger partial charge in [-0.25, -0.2) is 14.8 Å². The number of likely N-dealkylation sites (N-methyl/N-ethyl adjacent to an activating group) is 1. The van der Waals surface area contributed by atoms with Crippen molar-refractivity contribution in [3.05, 3.63) is 40.3 Å². The lowest BCUT2D eigenvalue weighted by molar-refractivity contribution is 0.0601. The van der Waals surface area contributed by atoms with Crippen LogP contribution < -0.4 is 10.2 Å². The van der Waals surface area contributed by atoms with Crippen molar-refractivity contribution in [2.24, 2.45) is 0 Å². The molecule has 1 aliphatic carbocycles. The summed E-state index contributed by atoms with van der Waals surface area (Å²) in [6.45, 7) is 3.75. The number of ether oxygens (including phenoxy) is 1. The van der Waals surface area contributed by atoms with Crippen molar-refractivity contribution >= 4 is 45.0 Å². The van der Waals surface area contributed by atoms with Crippen LogP contribution >= 0.6 is 11.3 Å². The van der Waals surface area contributed by atoms with Crippen LogP contribution in [0.15, 0.2) is 24.3 Å². The van der Waals surface area contributed by atoms with E-state index in [1.54, 1.807) is 11.3 Å². The minimum atomic E-state index is -0.281. The molecule has 0 spiro atoms. The Morgan fingerprint density at radius 2 is 1.77 bits per heavy atom. The highest BCUT2D eigenvalue weighted by atomic mass is 32.1. The van der Waals surface area contributed by atoms with Gasteiger partial charge in [-0.15, -0.1) is 11.3 Å². The van der Waals surface area contributed by atoms with Crippen molar-refractivity contribution in [2.45, 2.75) is 25.7 Å². The number of nitrogens with one attached hydrogen (secondary N) is 1. The van der Waals surface area contributed by atoms with E-state index < -0.39 is 0 Å². The highest BCUT2D eigenvalue weighted by Crippen LogP contribution is 2.41. The Kier molecular flexibility index (Phi) is 5.50. The molecular weight excluding hydrogens is 410 g/mol. The fourth-order valence-corrected chi connectivity index (χ4v) is 5.67. The first kappa shape index (κ1) is 20.2. The second-order valence-corrected chi connectivity index (χ2v) is 9.31. The molecule has 1 fully saturated rings. The summed E-state index contributed by atoms with van der Waals surface area (Å²) in [7, 11) is 3.59. The van der Waals surface area contributed by atoms with Crippen LogP contribution in [-0.2, 0) is 17.6 Å². The molecule has 7 nitrogen and oxygen atoms in total. The smallest absolute Gasteiger partial charge is 0.341 e. The maximum absolute atomic E-state index is 12.7. The average Bonchev–Trinajstić information content (AvgIpc) is 3.16. The highest BCUT2D eigenvalue weighted by molar-refractivity contribution is 7.16. The van der Waals surface area contributed by atoms with Crippen LogP contribution in [-0.4, -0.2) is 61.2 Å². The summed E-state index contributed by atoms with van der Waals surface area (Å²) >= 11 is 1.66. The van der Waals surface area contributed by atoms with E-state index in [0.717, 1.165) is 79.3 Å². The molecule has 0 atom stereocenters. The summed E-state index contributed by atoms with van der Waals surface area (Å²) in [5, 5.41) is 4.32. The molecule has 162 valence electrons. The lowest BCUT2D eigenvalue weighted by Crippen LogP contribution is -2.45. The van der Waals surface area contributed by atoms with Gasteiger partial charge in [0.2, 0.25) is 0 Å². The molecule has 5 rings (SSSR count). The average molecular weight is 438 g/mol. The zero-order valence-electron chi connectivity index (χ0n) is 18.0. The number of carbonyl (C=O) groups excluding carboxylic acids is 1. The Balaban J connectivity index is 1.59. The maximum Gasteiger partial charge on any atom is 0.341 e. The normalized spacial score (nSPS) is 16.9. The zero-order valence-corrected chi connectivity index (χ0v) is 18.8. The van der Waals surface area contributed by atoms with Crippen LogP contribution in [0.25, 0.3) is 11.0 Å². The number of hydrogen-bond donors (Lipinski definition) is 1. The molecule has 31 heavy (non-hydrogen) atoms. The number of benzene rings is 1. The topological polar surface area (TPSA) is 70.6 Å². The zero-order chi connectivity index (χ0) is 21.4. The number of nitrogens with zero attached hydrogens (tertiary/aromatic N) is 4. The molecule has 0 bridgehead atoms. The molecule has 2 aliphatic rings. The van der Waals surface area contributed by atoms with Crippen molar-refractivity contribution in [1.82, 2.24) is 14.9 Å².